The number of hydrogen-bond donors (Lipinski definition) is 6. The minimum Gasteiger partial charge on any atom is -0.480 e. The molecule has 0 bridgehead atoms. The van der Waals surface area contributed by atoms with E-state index in [1.807, 2.05) is 29.2 Å². The van der Waals surface area contributed by atoms with Crippen molar-refractivity contribution in [3.8, 4) is 0 Å². The molecule has 2 rings (SSSR count). The maximum atomic E-state index is 12.9. The maximum absolute atomic E-state index is 12.9. The molecule has 0 spiro atoms. The predicted molar refractivity (Wildman–Crippen MR) is 154 cm³/mol. The number of nitrogens with one attached hydrogen (secondary N) is 2. The van der Waals surface area contributed by atoms with Gasteiger partial charge in [0, 0.05) is 58.9 Å². The SMILES string of the molecule is CONC(=O)[C@H](N)Cc1ccc(CNC(=O)CN2CCN(CC(=O)O)CCN(CC(=O)O)CCN(CC(=O)O)CC2)cc1. The van der Waals surface area contributed by atoms with Gasteiger partial charge in [0.15, 0.2) is 0 Å². The zero-order valence-electron chi connectivity index (χ0n) is 24.4. The fourth-order valence-electron chi connectivity index (χ4n) is 4.56. The molecule has 0 radical (unpaired) electrons. The van der Waals surface area contributed by atoms with Gasteiger partial charge in [0.05, 0.1) is 39.3 Å². The molecule has 1 saturated heterocycles. The Bertz CT molecular complexity index is 1040. The van der Waals surface area contributed by atoms with Gasteiger partial charge in [-0.25, -0.2) is 5.48 Å². The molecule has 1 aliphatic heterocycles. The van der Waals surface area contributed by atoms with E-state index in [1.54, 1.807) is 14.7 Å². The van der Waals surface area contributed by atoms with E-state index in [1.165, 1.54) is 7.11 Å². The molecule has 1 aromatic carbocycles. The highest BCUT2D eigenvalue weighted by Gasteiger charge is 2.21. The van der Waals surface area contributed by atoms with Crippen molar-refractivity contribution in [1.29, 1.82) is 0 Å². The number of benzene rings is 1. The lowest BCUT2D eigenvalue weighted by atomic mass is 10.0. The van der Waals surface area contributed by atoms with Crippen LogP contribution in [0.3, 0.4) is 0 Å². The van der Waals surface area contributed by atoms with E-state index in [4.69, 9.17) is 5.73 Å². The Morgan fingerprint density at radius 1 is 0.721 bits per heavy atom. The van der Waals surface area contributed by atoms with E-state index in [-0.39, 0.29) is 38.6 Å². The van der Waals surface area contributed by atoms with Crippen LogP contribution in [0, 0.1) is 0 Å². The van der Waals surface area contributed by atoms with Gasteiger partial charge in [-0.3, -0.25) is 48.4 Å². The summed E-state index contributed by atoms with van der Waals surface area (Å²) in [6, 6.07) is 6.53. The van der Waals surface area contributed by atoms with Crippen molar-refractivity contribution < 1.29 is 44.1 Å². The van der Waals surface area contributed by atoms with Gasteiger partial charge in [-0.1, -0.05) is 24.3 Å². The number of hydroxylamine groups is 1. The normalized spacial score (nSPS) is 17.3. The number of aliphatic carboxylic acids is 3. The molecule has 16 nitrogen and oxygen atoms in total. The molecular formula is C27H43N7O9. The molecule has 0 aromatic heterocycles. The molecule has 7 N–H and O–H groups in total. The summed E-state index contributed by atoms with van der Waals surface area (Å²) in [7, 11) is 1.33. The number of nitrogens with zero attached hydrogens (tertiary/aromatic N) is 4. The lowest BCUT2D eigenvalue weighted by molar-refractivity contribution is -0.140. The van der Waals surface area contributed by atoms with Crippen LogP contribution in [-0.4, -0.2) is 156 Å². The van der Waals surface area contributed by atoms with Crippen molar-refractivity contribution >= 4 is 29.7 Å². The Labute approximate surface area is 250 Å². The zero-order valence-corrected chi connectivity index (χ0v) is 24.4. The summed E-state index contributed by atoms with van der Waals surface area (Å²) < 4.78 is 0. The van der Waals surface area contributed by atoms with E-state index in [0.717, 1.165) is 11.1 Å². The van der Waals surface area contributed by atoms with Gasteiger partial charge >= 0.3 is 17.9 Å². The van der Waals surface area contributed by atoms with Gasteiger partial charge in [0.25, 0.3) is 5.91 Å². The molecule has 1 aliphatic rings. The first-order chi connectivity index (χ1) is 20.4. The highest BCUT2D eigenvalue weighted by molar-refractivity contribution is 5.80. The van der Waals surface area contributed by atoms with Crippen LogP contribution in [0.1, 0.15) is 11.1 Å². The van der Waals surface area contributed by atoms with Crippen molar-refractivity contribution in [2.45, 2.75) is 19.0 Å². The monoisotopic (exact) mass is 609 g/mol. The van der Waals surface area contributed by atoms with Crippen LogP contribution in [0.15, 0.2) is 24.3 Å². The number of carbonyl (C=O) groups excluding carboxylic acids is 2. The van der Waals surface area contributed by atoms with Gasteiger partial charge in [-0.05, 0) is 17.5 Å². The second-order valence-electron chi connectivity index (χ2n) is 10.4. The summed E-state index contributed by atoms with van der Waals surface area (Å²) in [4.78, 5) is 70.3. The first-order valence-corrected chi connectivity index (χ1v) is 13.9. The van der Waals surface area contributed by atoms with Crippen molar-refractivity contribution in [3.63, 3.8) is 0 Å². The molecule has 0 saturated carbocycles. The summed E-state index contributed by atoms with van der Waals surface area (Å²) >= 11 is 0. The molecule has 1 fully saturated rings. The standard InChI is InChI=1S/C27H43N7O9/c1-43-30-27(42)22(28)14-20-2-4-21(5-3-20)15-29-23(35)16-31-6-8-32(17-24(36)37)10-12-34(19-26(40)41)13-11-33(9-7-31)18-25(38)39/h2-5,22H,6-19,28H2,1H3,(H,29,35)(H,30,42)(H,36,37)(H,38,39)(H,40,41)/t22-/m1/s1. The number of nitrogens with two attached hydrogens (primary N) is 1. The first-order valence-electron chi connectivity index (χ1n) is 13.9. The van der Waals surface area contributed by atoms with Crippen molar-refractivity contribution in [1.82, 2.24) is 30.4 Å². The van der Waals surface area contributed by atoms with Crippen LogP contribution < -0.4 is 16.5 Å². The van der Waals surface area contributed by atoms with Crippen LogP contribution in [-0.2, 0) is 41.8 Å². The highest BCUT2D eigenvalue weighted by atomic mass is 16.6. The summed E-state index contributed by atoms with van der Waals surface area (Å²) in [6.45, 7) is 2.14. The third-order valence-electron chi connectivity index (χ3n) is 6.88. The number of hydrogen-bond acceptors (Lipinski definition) is 11. The quantitative estimate of drug-likeness (QED) is 0.119. The summed E-state index contributed by atoms with van der Waals surface area (Å²) in [6.07, 6.45) is 0.312. The van der Waals surface area contributed by atoms with Gasteiger partial charge in [0.1, 0.15) is 0 Å². The van der Waals surface area contributed by atoms with Crippen LogP contribution in [0.4, 0.5) is 0 Å². The minimum absolute atomic E-state index is 0.0223. The number of rotatable bonds is 14. The molecule has 1 heterocycles. The van der Waals surface area contributed by atoms with E-state index in [0.29, 0.717) is 58.8 Å². The Balaban J connectivity index is 2.01. The lowest BCUT2D eigenvalue weighted by Crippen LogP contribution is -2.49. The van der Waals surface area contributed by atoms with Gasteiger partial charge in [-0.2, -0.15) is 0 Å². The molecule has 240 valence electrons. The van der Waals surface area contributed by atoms with E-state index < -0.39 is 29.9 Å². The number of carbonyl (C=O) groups is 5. The van der Waals surface area contributed by atoms with Crippen LogP contribution in [0.2, 0.25) is 0 Å². The smallest absolute Gasteiger partial charge is 0.317 e. The van der Waals surface area contributed by atoms with Crippen LogP contribution in [0.25, 0.3) is 0 Å². The second-order valence-corrected chi connectivity index (χ2v) is 10.4. The minimum atomic E-state index is -1.02. The average Bonchev–Trinajstić information content (AvgIpc) is 2.93. The topological polar surface area (TPSA) is 218 Å². The highest BCUT2D eigenvalue weighted by Crippen LogP contribution is 2.07. The van der Waals surface area contributed by atoms with E-state index in [9.17, 15) is 39.3 Å². The Kier molecular flexibility index (Phi) is 15.5. The second kappa shape index (κ2) is 18.8. The molecule has 1 atom stereocenters. The third kappa shape index (κ3) is 14.9. The van der Waals surface area contributed by atoms with Gasteiger partial charge < -0.3 is 26.4 Å². The number of amides is 2. The van der Waals surface area contributed by atoms with E-state index >= 15 is 0 Å². The van der Waals surface area contributed by atoms with Crippen molar-refractivity contribution in [2.75, 3.05) is 85.6 Å². The molecular weight excluding hydrogens is 566 g/mol. The fraction of sp³-hybridized carbons (Fsp3) is 0.593. The first kappa shape index (κ1) is 35.5. The van der Waals surface area contributed by atoms with Crippen LogP contribution >= 0.6 is 0 Å². The predicted octanol–water partition coefficient (Wildman–Crippen LogP) is -2.67. The zero-order chi connectivity index (χ0) is 31.8. The fourth-order valence-corrected chi connectivity index (χ4v) is 4.56. The van der Waals surface area contributed by atoms with Crippen LogP contribution in [0.5, 0.6) is 0 Å². The summed E-state index contributed by atoms with van der Waals surface area (Å²) in [5.41, 5.74) is 9.74. The summed E-state index contributed by atoms with van der Waals surface area (Å²) in [5.74, 6) is -3.74. The maximum Gasteiger partial charge on any atom is 0.317 e. The number of carboxylic acids is 3. The average molecular weight is 610 g/mol. The van der Waals surface area contributed by atoms with Gasteiger partial charge in [0.2, 0.25) is 5.91 Å². The molecule has 0 aliphatic carbocycles. The van der Waals surface area contributed by atoms with Gasteiger partial charge in [-0.15, -0.1) is 0 Å². The molecule has 2 amide bonds. The Morgan fingerprint density at radius 2 is 1.09 bits per heavy atom. The summed E-state index contributed by atoms with van der Waals surface area (Å²) in [5, 5.41) is 30.9. The molecule has 16 heteroatoms. The number of carboxylic acid groups (broad SMARTS) is 3. The molecule has 0 unspecified atom stereocenters. The molecule has 43 heavy (non-hydrogen) atoms. The van der Waals surface area contributed by atoms with E-state index in [2.05, 4.69) is 15.6 Å². The Morgan fingerprint density at radius 3 is 1.47 bits per heavy atom. The van der Waals surface area contributed by atoms with Crippen molar-refractivity contribution in [3.05, 3.63) is 35.4 Å². The molecule has 1 aromatic rings. The largest absolute Gasteiger partial charge is 0.480 e. The van der Waals surface area contributed by atoms with Crippen molar-refractivity contribution in [2.24, 2.45) is 5.73 Å². The third-order valence-corrected chi connectivity index (χ3v) is 6.88. The Hall–Kier alpha value is -3.67. The lowest BCUT2D eigenvalue weighted by Gasteiger charge is -2.32.